The largest absolute Gasteiger partial charge is 0.469 e. The summed E-state index contributed by atoms with van der Waals surface area (Å²) >= 11 is 0. The minimum atomic E-state index is -0.548. The van der Waals surface area contributed by atoms with Gasteiger partial charge in [-0.25, -0.2) is 0 Å². The molecule has 2 rings (SSSR count). The normalized spacial score (nSPS) is 11.5. The average molecular weight is 246 g/mol. The van der Waals surface area contributed by atoms with E-state index in [0.29, 0.717) is 6.54 Å². The lowest BCUT2D eigenvalue weighted by Crippen LogP contribution is -2.33. The van der Waals surface area contributed by atoms with Crippen LogP contribution in [0.25, 0.3) is 10.9 Å². The molecule has 0 atom stereocenters. The first-order valence-corrected chi connectivity index (χ1v) is 5.93. The number of hydrogen-bond acceptors (Lipinski definition) is 3. The second kappa shape index (κ2) is 4.72. The number of hydrogen-bond donors (Lipinski definition) is 2. The van der Waals surface area contributed by atoms with Gasteiger partial charge < -0.3 is 15.0 Å². The van der Waals surface area contributed by atoms with Crippen molar-refractivity contribution in [2.75, 3.05) is 19.0 Å². The number of carbonyl (C=O) groups excluding carboxylic acids is 1. The van der Waals surface area contributed by atoms with Crippen molar-refractivity contribution < 1.29 is 9.53 Å². The summed E-state index contributed by atoms with van der Waals surface area (Å²) < 4.78 is 4.79. The Hall–Kier alpha value is -1.97. The van der Waals surface area contributed by atoms with Crippen molar-refractivity contribution in [1.82, 2.24) is 4.98 Å². The molecule has 0 aliphatic rings. The summed E-state index contributed by atoms with van der Waals surface area (Å²) in [6.45, 7) is 4.25. The van der Waals surface area contributed by atoms with Gasteiger partial charge in [0.15, 0.2) is 0 Å². The van der Waals surface area contributed by atoms with E-state index in [1.54, 1.807) is 0 Å². The molecule has 2 N–H and O–H groups in total. The van der Waals surface area contributed by atoms with Crippen LogP contribution in [0.2, 0.25) is 0 Å². The van der Waals surface area contributed by atoms with Crippen molar-refractivity contribution >= 4 is 22.6 Å². The Labute approximate surface area is 106 Å². The number of aromatic nitrogens is 1. The van der Waals surface area contributed by atoms with Gasteiger partial charge in [0, 0.05) is 23.6 Å². The van der Waals surface area contributed by atoms with Gasteiger partial charge in [-0.05, 0) is 19.9 Å². The molecule has 0 aliphatic heterocycles. The summed E-state index contributed by atoms with van der Waals surface area (Å²) in [4.78, 5) is 14.8. The lowest BCUT2D eigenvalue weighted by Gasteiger charge is -2.22. The van der Waals surface area contributed by atoms with Crippen LogP contribution >= 0.6 is 0 Å². The van der Waals surface area contributed by atoms with Crippen molar-refractivity contribution in [2.24, 2.45) is 5.41 Å². The lowest BCUT2D eigenvalue weighted by molar-refractivity contribution is -0.149. The molecule has 0 saturated carbocycles. The lowest BCUT2D eigenvalue weighted by atomic mass is 9.93. The number of esters is 1. The Morgan fingerprint density at radius 2 is 2.11 bits per heavy atom. The molecule has 4 nitrogen and oxygen atoms in total. The van der Waals surface area contributed by atoms with Crippen molar-refractivity contribution in [3.63, 3.8) is 0 Å². The SMILES string of the molecule is COC(=O)C(C)(C)CNc1c[nH]c2ccccc12. The molecule has 1 aromatic carbocycles. The van der Waals surface area contributed by atoms with Gasteiger partial charge in [-0.3, -0.25) is 4.79 Å². The molecule has 0 radical (unpaired) electrons. The van der Waals surface area contributed by atoms with Gasteiger partial charge in [-0.1, -0.05) is 18.2 Å². The third-order valence-electron chi connectivity index (χ3n) is 3.05. The van der Waals surface area contributed by atoms with E-state index in [1.165, 1.54) is 7.11 Å². The van der Waals surface area contributed by atoms with Crippen molar-refractivity contribution in [3.05, 3.63) is 30.5 Å². The molecule has 96 valence electrons. The molecule has 0 spiro atoms. The van der Waals surface area contributed by atoms with Crippen LogP contribution in [-0.4, -0.2) is 24.6 Å². The number of carbonyl (C=O) groups is 1. The highest BCUT2D eigenvalue weighted by Crippen LogP contribution is 2.25. The van der Waals surface area contributed by atoms with Gasteiger partial charge in [-0.15, -0.1) is 0 Å². The Bertz CT molecular complexity index is 558. The number of nitrogens with one attached hydrogen (secondary N) is 2. The van der Waals surface area contributed by atoms with E-state index in [9.17, 15) is 4.79 Å². The van der Waals surface area contributed by atoms with Crippen LogP contribution in [0.15, 0.2) is 30.5 Å². The van der Waals surface area contributed by atoms with Crippen molar-refractivity contribution in [3.8, 4) is 0 Å². The number of benzene rings is 1. The first-order chi connectivity index (χ1) is 8.54. The number of anilines is 1. The highest BCUT2D eigenvalue weighted by molar-refractivity contribution is 5.92. The number of aromatic amines is 1. The predicted molar refractivity (Wildman–Crippen MR) is 72.6 cm³/mol. The number of para-hydroxylation sites is 1. The number of rotatable bonds is 4. The molecule has 0 saturated heterocycles. The molecule has 0 bridgehead atoms. The summed E-state index contributed by atoms with van der Waals surface area (Å²) in [7, 11) is 1.41. The Balaban J connectivity index is 2.13. The van der Waals surface area contributed by atoms with Crippen molar-refractivity contribution in [1.29, 1.82) is 0 Å². The molecule has 0 unspecified atom stereocenters. The van der Waals surface area contributed by atoms with E-state index in [4.69, 9.17) is 4.74 Å². The number of fused-ring (bicyclic) bond motifs is 1. The van der Waals surface area contributed by atoms with Gasteiger partial charge >= 0.3 is 5.97 Å². The zero-order valence-electron chi connectivity index (χ0n) is 10.9. The third-order valence-corrected chi connectivity index (χ3v) is 3.05. The predicted octanol–water partition coefficient (Wildman–Crippen LogP) is 2.78. The van der Waals surface area contributed by atoms with Crippen molar-refractivity contribution in [2.45, 2.75) is 13.8 Å². The fourth-order valence-electron chi connectivity index (χ4n) is 1.88. The minimum Gasteiger partial charge on any atom is -0.469 e. The van der Waals surface area contributed by atoms with Crippen LogP contribution in [0.4, 0.5) is 5.69 Å². The fraction of sp³-hybridized carbons (Fsp3) is 0.357. The number of ether oxygens (including phenoxy) is 1. The highest BCUT2D eigenvalue weighted by Gasteiger charge is 2.28. The van der Waals surface area contributed by atoms with Crippen LogP contribution in [-0.2, 0) is 9.53 Å². The van der Waals surface area contributed by atoms with Crippen LogP contribution in [0.3, 0.4) is 0 Å². The minimum absolute atomic E-state index is 0.213. The Morgan fingerprint density at radius 1 is 1.39 bits per heavy atom. The van der Waals surface area contributed by atoms with Gasteiger partial charge in [0.25, 0.3) is 0 Å². The fourth-order valence-corrected chi connectivity index (χ4v) is 1.88. The molecule has 1 heterocycles. The maximum Gasteiger partial charge on any atom is 0.313 e. The van der Waals surface area contributed by atoms with E-state index < -0.39 is 5.41 Å². The third kappa shape index (κ3) is 2.32. The second-order valence-electron chi connectivity index (χ2n) is 4.98. The summed E-state index contributed by atoms with van der Waals surface area (Å²) in [5.74, 6) is -0.213. The van der Waals surface area contributed by atoms with Crippen LogP contribution < -0.4 is 5.32 Å². The summed E-state index contributed by atoms with van der Waals surface area (Å²) in [6.07, 6.45) is 1.91. The Kier molecular flexibility index (Phi) is 3.28. The van der Waals surface area contributed by atoms with Gasteiger partial charge in [-0.2, -0.15) is 0 Å². The van der Waals surface area contributed by atoms with E-state index in [0.717, 1.165) is 16.6 Å². The molecule has 1 aromatic heterocycles. The highest BCUT2D eigenvalue weighted by atomic mass is 16.5. The molecule has 0 aliphatic carbocycles. The standard InChI is InChI=1S/C14H18N2O2/c1-14(2,13(17)18-3)9-16-12-8-15-11-7-5-4-6-10(11)12/h4-8,15-16H,9H2,1-3H3. The quantitative estimate of drug-likeness (QED) is 0.816. The van der Waals surface area contributed by atoms with Crippen LogP contribution in [0.1, 0.15) is 13.8 Å². The average Bonchev–Trinajstić information content (AvgIpc) is 2.78. The summed E-state index contributed by atoms with van der Waals surface area (Å²) in [6, 6.07) is 8.04. The number of methoxy groups -OCH3 is 1. The van der Waals surface area contributed by atoms with Crippen LogP contribution in [0.5, 0.6) is 0 Å². The monoisotopic (exact) mass is 246 g/mol. The molecular formula is C14H18N2O2. The van der Waals surface area contributed by atoms with E-state index >= 15 is 0 Å². The Morgan fingerprint density at radius 3 is 2.83 bits per heavy atom. The summed E-state index contributed by atoms with van der Waals surface area (Å²) in [5.41, 5.74) is 1.53. The zero-order valence-corrected chi connectivity index (χ0v) is 10.9. The topological polar surface area (TPSA) is 54.1 Å². The smallest absolute Gasteiger partial charge is 0.313 e. The molecular weight excluding hydrogens is 228 g/mol. The second-order valence-corrected chi connectivity index (χ2v) is 4.98. The number of H-pyrrole nitrogens is 1. The molecule has 2 aromatic rings. The molecule has 0 fully saturated rings. The van der Waals surface area contributed by atoms with Gasteiger partial charge in [0.2, 0.25) is 0 Å². The van der Waals surface area contributed by atoms with E-state index in [-0.39, 0.29) is 5.97 Å². The molecule has 18 heavy (non-hydrogen) atoms. The summed E-state index contributed by atoms with van der Waals surface area (Å²) in [5, 5.41) is 4.41. The molecule has 0 amide bonds. The van der Waals surface area contributed by atoms with Gasteiger partial charge in [0.05, 0.1) is 18.2 Å². The first-order valence-electron chi connectivity index (χ1n) is 5.93. The van der Waals surface area contributed by atoms with E-state index in [1.807, 2.05) is 44.3 Å². The van der Waals surface area contributed by atoms with Crippen LogP contribution in [0, 0.1) is 5.41 Å². The van der Waals surface area contributed by atoms with E-state index in [2.05, 4.69) is 10.3 Å². The molecule has 4 heteroatoms. The van der Waals surface area contributed by atoms with Gasteiger partial charge in [0.1, 0.15) is 0 Å². The maximum absolute atomic E-state index is 11.6. The zero-order chi connectivity index (χ0) is 13.2. The first kappa shape index (κ1) is 12.5. The maximum atomic E-state index is 11.6.